The highest BCUT2D eigenvalue weighted by Crippen LogP contribution is 2.24. The molecule has 0 fully saturated rings. The summed E-state index contributed by atoms with van der Waals surface area (Å²) in [4.78, 5) is 0. The lowest BCUT2D eigenvalue weighted by Crippen LogP contribution is -2.20. The van der Waals surface area contributed by atoms with E-state index in [2.05, 4.69) is 21.2 Å². The molecular weight excluding hydrogens is 329 g/mol. The minimum Gasteiger partial charge on any atom is -0.313 e. The van der Waals surface area contributed by atoms with Gasteiger partial charge >= 0.3 is 0 Å². The Morgan fingerprint density at radius 2 is 2.05 bits per heavy atom. The van der Waals surface area contributed by atoms with E-state index in [0.717, 1.165) is 10.0 Å². The molecule has 2 aromatic rings. The molecule has 4 heteroatoms. The number of nitrogens with one attached hydrogen (secondary N) is 1. The molecule has 0 aliphatic rings. The molecule has 0 amide bonds. The maximum Gasteiger partial charge on any atom is 0.129 e. The van der Waals surface area contributed by atoms with Crippen LogP contribution in [0.3, 0.4) is 0 Å². The van der Waals surface area contributed by atoms with Crippen molar-refractivity contribution in [2.24, 2.45) is 0 Å². The summed E-state index contributed by atoms with van der Waals surface area (Å²) in [6, 6.07) is 12.7. The average Bonchev–Trinajstić information content (AvgIpc) is 2.37. The molecule has 0 heterocycles. The van der Waals surface area contributed by atoms with Crippen molar-refractivity contribution in [3.05, 3.63) is 68.9 Å². The van der Waals surface area contributed by atoms with E-state index in [1.54, 1.807) is 6.07 Å². The van der Waals surface area contributed by atoms with Crippen LogP contribution in [0.5, 0.6) is 0 Å². The number of benzene rings is 2. The fourth-order valence-electron chi connectivity index (χ4n) is 2.05. The van der Waals surface area contributed by atoms with Gasteiger partial charge in [-0.05, 0) is 43.3 Å². The minimum atomic E-state index is -0.212. The van der Waals surface area contributed by atoms with Crippen molar-refractivity contribution in [1.29, 1.82) is 0 Å². The van der Waals surface area contributed by atoms with Crippen molar-refractivity contribution in [1.82, 2.24) is 5.32 Å². The van der Waals surface area contributed by atoms with Crippen LogP contribution in [0.15, 0.2) is 46.9 Å². The second kappa shape index (κ2) is 6.51. The summed E-state index contributed by atoms with van der Waals surface area (Å²) in [5.74, 6) is -0.212. The summed E-state index contributed by atoms with van der Waals surface area (Å²) < 4.78 is 14.7. The zero-order valence-electron chi connectivity index (χ0n) is 10.5. The van der Waals surface area contributed by atoms with Crippen LogP contribution in [0.2, 0.25) is 5.02 Å². The normalized spacial score (nSPS) is 12.4. The molecule has 0 aromatic heterocycles. The third-order valence-electron chi connectivity index (χ3n) is 3.02. The zero-order valence-corrected chi connectivity index (χ0v) is 12.8. The highest BCUT2D eigenvalue weighted by Gasteiger charge is 2.15. The second-order valence-electron chi connectivity index (χ2n) is 4.34. The van der Waals surface area contributed by atoms with Gasteiger partial charge in [0, 0.05) is 21.1 Å². The first-order chi connectivity index (χ1) is 9.10. The van der Waals surface area contributed by atoms with E-state index >= 15 is 0 Å². The summed E-state index contributed by atoms with van der Waals surface area (Å²) in [5.41, 5.74) is 1.74. The maximum atomic E-state index is 14.0. The van der Waals surface area contributed by atoms with E-state index in [1.807, 2.05) is 37.4 Å². The maximum absolute atomic E-state index is 14.0. The van der Waals surface area contributed by atoms with Crippen LogP contribution in [-0.2, 0) is 6.42 Å². The van der Waals surface area contributed by atoms with Crippen LogP contribution >= 0.6 is 27.5 Å². The van der Waals surface area contributed by atoms with Crippen LogP contribution in [0.1, 0.15) is 17.2 Å². The monoisotopic (exact) mass is 341 g/mol. The van der Waals surface area contributed by atoms with Gasteiger partial charge in [0.25, 0.3) is 0 Å². The molecule has 1 nitrogen and oxygen atoms in total. The Hall–Kier alpha value is -0.900. The molecule has 0 aliphatic heterocycles. The lowest BCUT2D eigenvalue weighted by Gasteiger charge is -2.18. The first-order valence-corrected chi connectivity index (χ1v) is 7.14. The van der Waals surface area contributed by atoms with Gasteiger partial charge in [-0.15, -0.1) is 0 Å². The molecule has 0 saturated carbocycles. The van der Waals surface area contributed by atoms with Crippen molar-refractivity contribution in [2.45, 2.75) is 12.5 Å². The Morgan fingerprint density at radius 1 is 1.26 bits per heavy atom. The van der Waals surface area contributed by atoms with Crippen LogP contribution < -0.4 is 5.32 Å². The first-order valence-electron chi connectivity index (χ1n) is 5.97. The van der Waals surface area contributed by atoms with E-state index in [9.17, 15) is 4.39 Å². The van der Waals surface area contributed by atoms with Gasteiger partial charge in [0.15, 0.2) is 0 Å². The third-order valence-corrected chi connectivity index (χ3v) is 3.74. The Balaban J connectivity index is 2.25. The van der Waals surface area contributed by atoms with E-state index in [-0.39, 0.29) is 11.9 Å². The van der Waals surface area contributed by atoms with Gasteiger partial charge in [0.1, 0.15) is 5.82 Å². The molecule has 0 saturated heterocycles. The molecule has 19 heavy (non-hydrogen) atoms. The fourth-order valence-corrected chi connectivity index (χ4v) is 2.60. The summed E-state index contributed by atoms with van der Waals surface area (Å²) in [6.45, 7) is 0. The SMILES string of the molecule is CNC(Cc1cccc(Cl)c1)c1ccc(Br)cc1F. The van der Waals surface area contributed by atoms with Crippen LogP contribution in [0.4, 0.5) is 4.39 Å². The van der Waals surface area contributed by atoms with Crippen LogP contribution in [0, 0.1) is 5.82 Å². The van der Waals surface area contributed by atoms with Gasteiger partial charge in [-0.1, -0.05) is 45.7 Å². The van der Waals surface area contributed by atoms with Crippen molar-refractivity contribution in [3.63, 3.8) is 0 Å². The topological polar surface area (TPSA) is 12.0 Å². The van der Waals surface area contributed by atoms with E-state index in [0.29, 0.717) is 17.0 Å². The van der Waals surface area contributed by atoms with Gasteiger partial charge in [0.05, 0.1) is 0 Å². The number of hydrogen-bond acceptors (Lipinski definition) is 1. The molecule has 0 bridgehead atoms. The predicted molar refractivity (Wildman–Crippen MR) is 81.1 cm³/mol. The summed E-state index contributed by atoms with van der Waals surface area (Å²) in [5, 5.41) is 3.85. The first kappa shape index (κ1) is 14.5. The molecule has 1 N–H and O–H groups in total. The molecule has 100 valence electrons. The summed E-state index contributed by atoms with van der Waals surface area (Å²) >= 11 is 9.23. The third kappa shape index (κ3) is 3.78. The Morgan fingerprint density at radius 3 is 2.68 bits per heavy atom. The van der Waals surface area contributed by atoms with E-state index in [4.69, 9.17) is 11.6 Å². The number of likely N-dealkylation sites (N-methyl/N-ethyl adjacent to an activating group) is 1. The smallest absolute Gasteiger partial charge is 0.129 e. The largest absolute Gasteiger partial charge is 0.313 e. The van der Waals surface area contributed by atoms with Crippen molar-refractivity contribution >= 4 is 27.5 Å². The molecule has 1 atom stereocenters. The van der Waals surface area contributed by atoms with Gasteiger partial charge in [-0.2, -0.15) is 0 Å². The van der Waals surface area contributed by atoms with Gasteiger partial charge in [0.2, 0.25) is 0 Å². The quantitative estimate of drug-likeness (QED) is 0.846. The highest BCUT2D eigenvalue weighted by atomic mass is 79.9. The fraction of sp³-hybridized carbons (Fsp3) is 0.200. The average molecular weight is 343 g/mol. The highest BCUT2D eigenvalue weighted by molar-refractivity contribution is 9.10. The number of hydrogen-bond donors (Lipinski definition) is 1. The van der Waals surface area contributed by atoms with Crippen LogP contribution in [0.25, 0.3) is 0 Å². The van der Waals surface area contributed by atoms with Crippen LogP contribution in [-0.4, -0.2) is 7.05 Å². The summed E-state index contributed by atoms with van der Waals surface area (Å²) in [6.07, 6.45) is 0.690. The van der Waals surface area contributed by atoms with E-state index in [1.165, 1.54) is 6.07 Å². The Bertz CT molecular complexity index is 574. The molecule has 0 aliphatic carbocycles. The van der Waals surface area contributed by atoms with Crippen molar-refractivity contribution in [3.8, 4) is 0 Å². The Kier molecular flexibility index (Phi) is 4.97. The number of rotatable bonds is 4. The zero-order chi connectivity index (χ0) is 13.8. The lowest BCUT2D eigenvalue weighted by molar-refractivity contribution is 0.533. The predicted octanol–water partition coefficient (Wildman–Crippen LogP) is 4.74. The second-order valence-corrected chi connectivity index (χ2v) is 5.69. The molecular formula is C15H14BrClFN. The molecule has 2 aromatic carbocycles. The lowest BCUT2D eigenvalue weighted by atomic mass is 9.98. The van der Waals surface area contributed by atoms with Crippen molar-refractivity contribution < 1.29 is 4.39 Å². The van der Waals surface area contributed by atoms with Gasteiger partial charge in [-0.3, -0.25) is 0 Å². The van der Waals surface area contributed by atoms with Crippen molar-refractivity contribution in [2.75, 3.05) is 7.05 Å². The minimum absolute atomic E-state index is 0.0773. The Labute approximate surface area is 125 Å². The van der Waals surface area contributed by atoms with Gasteiger partial charge in [-0.25, -0.2) is 4.39 Å². The number of halogens is 3. The van der Waals surface area contributed by atoms with Gasteiger partial charge < -0.3 is 5.32 Å². The van der Waals surface area contributed by atoms with E-state index < -0.39 is 0 Å². The molecule has 2 rings (SSSR count). The standard InChI is InChI=1S/C15H14BrClFN/c1-19-15(8-10-3-2-4-12(17)7-10)13-6-5-11(16)9-14(13)18/h2-7,9,15,19H,8H2,1H3. The summed E-state index contributed by atoms with van der Waals surface area (Å²) in [7, 11) is 1.83. The molecule has 0 radical (unpaired) electrons. The molecule has 1 unspecified atom stereocenters. The molecule has 0 spiro atoms.